The van der Waals surface area contributed by atoms with Crippen molar-refractivity contribution in [1.82, 2.24) is 4.90 Å². The summed E-state index contributed by atoms with van der Waals surface area (Å²) in [6.45, 7) is 10.1. The minimum absolute atomic E-state index is 0.973. The van der Waals surface area contributed by atoms with E-state index < -0.39 is 0 Å². The molecule has 0 N–H and O–H groups in total. The topological polar surface area (TPSA) is 3.24 Å². The summed E-state index contributed by atoms with van der Waals surface area (Å²) in [7, 11) is 0. The molecule has 6 atom stereocenters. The highest BCUT2D eigenvalue weighted by molar-refractivity contribution is 5.11. The average molecular weight is 193 g/mol. The molecule has 6 unspecified atom stereocenters. The van der Waals surface area contributed by atoms with E-state index in [-0.39, 0.29) is 0 Å². The summed E-state index contributed by atoms with van der Waals surface area (Å²) in [5, 5.41) is 0. The Bertz CT molecular complexity index is 237. The van der Waals surface area contributed by atoms with E-state index in [1.165, 1.54) is 19.5 Å². The Morgan fingerprint density at radius 1 is 1.07 bits per heavy atom. The fourth-order valence-electron chi connectivity index (χ4n) is 4.97. The van der Waals surface area contributed by atoms with Gasteiger partial charge < -0.3 is 0 Å². The van der Waals surface area contributed by atoms with Gasteiger partial charge in [-0.05, 0) is 49.0 Å². The van der Waals surface area contributed by atoms with Gasteiger partial charge in [0.15, 0.2) is 0 Å². The molecule has 2 saturated carbocycles. The maximum absolute atomic E-state index is 2.81. The highest BCUT2D eigenvalue weighted by Crippen LogP contribution is 2.60. The number of hydrogen-bond acceptors (Lipinski definition) is 1. The molecule has 0 aromatic rings. The molecule has 1 aliphatic heterocycles. The third-order valence-corrected chi connectivity index (χ3v) is 5.48. The minimum atomic E-state index is 0.973. The van der Waals surface area contributed by atoms with Crippen LogP contribution in [0.2, 0.25) is 0 Å². The second-order valence-corrected chi connectivity index (χ2v) is 5.93. The number of rotatable bonds is 2. The predicted octanol–water partition coefficient (Wildman–Crippen LogP) is 2.62. The summed E-state index contributed by atoms with van der Waals surface area (Å²) in [6, 6.07) is 0.973. The SMILES string of the molecule is CCCN1CC2C(C)C3CC2C1C3C. The molecule has 2 bridgehead atoms. The van der Waals surface area contributed by atoms with Crippen molar-refractivity contribution in [1.29, 1.82) is 0 Å². The Morgan fingerprint density at radius 2 is 1.86 bits per heavy atom. The van der Waals surface area contributed by atoms with Crippen LogP contribution in [0.5, 0.6) is 0 Å². The molecule has 3 aliphatic rings. The van der Waals surface area contributed by atoms with Gasteiger partial charge in [0.2, 0.25) is 0 Å². The Kier molecular flexibility index (Phi) is 1.96. The van der Waals surface area contributed by atoms with E-state index in [9.17, 15) is 0 Å². The summed E-state index contributed by atoms with van der Waals surface area (Å²) >= 11 is 0. The maximum atomic E-state index is 2.81. The predicted molar refractivity (Wildman–Crippen MR) is 59.1 cm³/mol. The molecule has 0 aromatic carbocycles. The molecule has 0 spiro atoms. The van der Waals surface area contributed by atoms with E-state index >= 15 is 0 Å². The van der Waals surface area contributed by atoms with Gasteiger partial charge >= 0.3 is 0 Å². The molecule has 1 heteroatoms. The lowest BCUT2D eigenvalue weighted by atomic mass is 9.76. The highest BCUT2D eigenvalue weighted by atomic mass is 15.2. The first-order valence-corrected chi connectivity index (χ1v) is 6.48. The van der Waals surface area contributed by atoms with Crippen molar-refractivity contribution in [2.45, 2.75) is 39.7 Å². The van der Waals surface area contributed by atoms with Gasteiger partial charge in [-0.3, -0.25) is 4.90 Å². The molecule has 80 valence electrons. The van der Waals surface area contributed by atoms with Crippen LogP contribution in [0.25, 0.3) is 0 Å². The third-order valence-electron chi connectivity index (χ3n) is 5.48. The van der Waals surface area contributed by atoms with E-state index in [1.807, 2.05) is 0 Å². The zero-order chi connectivity index (χ0) is 9.87. The van der Waals surface area contributed by atoms with Gasteiger partial charge in [-0.2, -0.15) is 0 Å². The molecule has 1 heterocycles. The summed E-state index contributed by atoms with van der Waals surface area (Å²) in [6.07, 6.45) is 2.89. The van der Waals surface area contributed by atoms with Crippen LogP contribution in [0.1, 0.15) is 33.6 Å². The van der Waals surface area contributed by atoms with Gasteiger partial charge in [-0.1, -0.05) is 20.8 Å². The van der Waals surface area contributed by atoms with Gasteiger partial charge in [-0.25, -0.2) is 0 Å². The molecule has 0 aromatic heterocycles. The number of likely N-dealkylation sites (tertiary alicyclic amines) is 1. The van der Waals surface area contributed by atoms with Crippen LogP contribution in [0, 0.1) is 29.6 Å². The van der Waals surface area contributed by atoms with E-state index in [0.717, 1.165) is 35.6 Å². The Balaban J connectivity index is 1.86. The van der Waals surface area contributed by atoms with Crippen LogP contribution in [0.15, 0.2) is 0 Å². The van der Waals surface area contributed by atoms with E-state index in [4.69, 9.17) is 0 Å². The van der Waals surface area contributed by atoms with Gasteiger partial charge in [0.25, 0.3) is 0 Å². The lowest BCUT2D eigenvalue weighted by Gasteiger charge is -2.32. The Hall–Kier alpha value is -0.0400. The van der Waals surface area contributed by atoms with E-state index in [0.29, 0.717) is 0 Å². The van der Waals surface area contributed by atoms with Crippen LogP contribution >= 0.6 is 0 Å². The molecule has 2 aliphatic carbocycles. The Labute approximate surface area is 87.9 Å². The second kappa shape index (κ2) is 2.98. The summed E-state index contributed by atoms with van der Waals surface area (Å²) in [5.41, 5.74) is 0. The van der Waals surface area contributed by atoms with Crippen LogP contribution in [0.3, 0.4) is 0 Å². The van der Waals surface area contributed by atoms with Gasteiger partial charge in [0.1, 0.15) is 0 Å². The van der Waals surface area contributed by atoms with Crippen molar-refractivity contribution in [2.24, 2.45) is 29.6 Å². The zero-order valence-electron chi connectivity index (χ0n) is 9.74. The normalized spacial score (nSPS) is 55.9. The molecule has 0 amide bonds. The zero-order valence-corrected chi connectivity index (χ0v) is 9.74. The lowest BCUT2D eigenvalue weighted by Crippen LogP contribution is -2.37. The second-order valence-electron chi connectivity index (χ2n) is 5.93. The van der Waals surface area contributed by atoms with Gasteiger partial charge in [0, 0.05) is 12.6 Å². The standard InChI is InChI=1S/C13H23N/c1-4-5-14-7-12-8(2)10-6-11(12)13(14)9(10)3/h8-13H,4-7H2,1-3H3. The van der Waals surface area contributed by atoms with E-state index in [2.05, 4.69) is 25.7 Å². The van der Waals surface area contributed by atoms with Crippen LogP contribution in [0.4, 0.5) is 0 Å². The monoisotopic (exact) mass is 193 g/mol. The molecule has 14 heavy (non-hydrogen) atoms. The summed E-state index contributed by atoms with van der Waals surface area (Å²) in [4.78, 5) is 2.81. The first kappa shape index (κ1) is 9.21. The van der Waals surface area contributed by atoms with Crippen LogP contribution in [-0.2, 0) is 0 Å². The molecular formula is C13H23N. The van der Waals surface area contributed by atoms with E-state index in [1.54, 1.807) is 6.42 Å². The molecule has 1 nitrogen and oxygen atoms in total. The summed E-state index contributed by atoms with van der Waals surface area (Å²) < 4.78 is 0. The van der Waals surface area contributed by atoms with Crippen molar-refractivity contribution in [3.63, 3.8) is 0 Å². The van der Waals surface area contributed by atoms with Crippen molar-refractivity contribution in [3.8, 4) is 0 Å². The quantitative estimate of drug-likeness (QED) is 0.651. The Morgan fingerprint density at radius 3 is 2.50 bits per heavy atom. The highest BCUT2D eigenvalue weighted by Gasteiger charge is 2.60. The minimum Gasteiger partial charge on any atom is -0.300 e. The fraction of sp³-hybridized carbons (Fsp3) is 1.00. The first-order chi connectivity index (χ1) is 6.74. The smallest absolute Gasteiger partial charge is 0.0155 e. The molecule has 3 fully saturated rings. The lowest BCUT2D eigenvalue weighted by molar-refractivity contribution is 0.164. The molecule has 0 radical (unpaired) electrons. The van der Waals surface area contributed by atoms with Gasteiger partial charge in [0.05, 0.1) is 0 Å². The maximum Gasteiger partial charge on any atom is 0.0155 e. The fourth-order valence-corrected chi connectivity index (χ4v) is 4.97. The number of fused-ring (bicyclic) bond motifs is 1. The average Bonchev–Trinajstić information content (AvgIpc) is 2.71. The van der Waals surface area contributed by atoms with Crippen molar-refractivity contribution in [2.75, 3.05) is 13.1 Å². The molecule has 3 rings (SSSR count). The first-order valence-electron chi connectivity index (χ1n) is 6.48. The van der Waals surface area contributed by atoms with Gasteiger partial charge in [-0.15, -0.1) is 0 Å². The number of hydrogen-bond donors (Lipinski definition) is 0. The largest absolute Gasteiger partial charge is 0.300 e. The van der Waals surface area contributed by atoms with Crippen molar-refractivity contribution >= 4 is 0 Å². The van der Waals surface area contributed by atoms with Crippen molar-refractivity contribution < 1.29 is 0 Å². The molecular weight excluding hydrogens is 170 g/mol. The van der Waals surface area contributed by atoms with Crippen LogP contribution < -0.4 is 0 Å². The summed E-state index contributed by atoms with van der Waals surface area (Å²) in [5.74, 6) is 5.22. The van der Waals surface area contributed by atoms with Crippen molar-refractivity contribution in [3.05, 3.63) is 0 Å². The number of nitrogens with zero attached hydrogens (tertiary/aromatic N) is 1. The van der Waals surface area contributed by atoms with Crippen LogP contribution in [-0.4, -0.2) is 24.0 Å². The third kappa shape index (κ3) is 0.946. The molecule has 1 saturated heterocycles.